The first kappa shape index (κ1) is 19.6. The highest BCUT2D eigenvalue weighted by molar-refractivity contribution is 7.23. The molecule has 28 heavy (non-hydrogen) atoms. The number of aliphatic imine (C=N–C) groups is 1. The first-order chi connectivity index (χ1) is 13.7. The van der Waals surface area contributed by atoms with Crippen molar-refractivity contribution in [2.75, 3.05) is 20.3 Å². The number of carbonyl (C=O) groups is 1. The molecule has 3 aromatic rings. The molecule has 0 saturated heterocycles. The summed E-state index contributed by atoms with van der Waals surface area (Å²) in [5, 5.41) is 1.47. The SMILES string of the molecule is C=CCOc1ccc(C=Nc2sc3ccccc3c2C(=O)OCC)cc1OC. The number of fused-ring (bicyclic) bond motifs is 1. The number of ether oxygens (including phenoxy) is 3. The lowest BCUT2D eigenvalue weighted by Crippen LogP contribution is -2.03. The molecule has 1 aromatic heterocycles. The minimum atomic E-state index is -0.363. The Bertz CT molecular complexity index is 1020. The van der Waals surface area contributed by atoms with Crippen LogP contribution in [0.25, 0.3) is 10.1 Å². The predicted octanol–water partition coefficient (Wildman–Crippen LogP) is 5.40. The second-order valence-corrected chi connectivity index (χ2v) is 6.80. The van der Waals surface area contributed by atoms with Gasteiger partial charge >= 0.3 is 5.97 Å². The Kier molecular flexibility index (Phi) is 6.45. The summed E-state index contributed by atoms with van der Waals surface area (Å²) in [5.41, 5.74) is 1.33. The zero-order valence-electron chi connectivity index (χ0n) is 15.8. The normalized spacial score (nSPS) is 10.9. The molecule has 6 heteroatoms. The van der Waals surface area contributed by atoms with Gasteiger partial charge in [-0.2, -0.15) is 0 Å². The number of rotatable bonds is 8. The van der Waals surface area contributed by atoms with E-state index in [4.69, 9.17) is 14.2 Å². The second-order valence-electron chi connectivity index (χ2n) is 5.77. The van der Waals surface area contributed by atoms with Crippen LogP contribution in [-0.4, -0.2) is 32.5 Å². The maximum Gasteiger partial charge on any atom is 0.341 e. The molecular weight excluding hydrogens is 374 g/mol. The minimum Gasteiger partial charge on any atom is -0.493 e. The lowest BCUT2D eigenvalue weighted by Gasteiger charge is -2.09. The first-order valence-corrected chi connectivity index (χ1v) is 9.64. The highest BCUT2D eigenvalue weighted by atomic mass is 32.1. The number of hydrogen-bond acceptors (Lipinski definition) is 6. The van der Waals surface area contributed by atoms with Crippen LogP contribution in [0.15, 0.2) is 60.1 Å². The van der Waals surface area contributed by atoms with Gasteiger partial charge in [0, 0.05) is 16.3 Å². The van der Waals surface area contributed by atoms with Crippen molar-refractivity contribution >= 4 is 38.6 Å². The minimum absolute atomic E-state index is 0.315. The number of esters is 1. The summed E-state index contributed by atoms with van der Waals surface area (Å²) in [6, 6.07) is 13.2. The molecule has 0 atom stereocenters. The van der Waals surface area contributed by atoms with Crippen molar-refractivity contribution in [3.05, 3.63) is 66.2 Å². The van der Waals surface area contributed by atoms with Crippen LogP contribution in [0.3, 0.4) is 0 Å². The third kappa shape index (κ3) is 4.23. The Morgan fingerprint density at radius 1 is 1.21 bits per heavy atom. The zero-order chi connectivity index (χ0) is 19.9. The van der Waals surface area contributed by atoms with Crippen molar-refractivity contribution in [3.63, 3.8) is 0 Å². The number of nitrogens with zero attached hydrogens (tertiary/aromatic N) is 1. The van der Waals surface area contributed by atoms with Gasteiger partial charge in [-0.05, 0) is 36.8 Å². The van der Waals surface area contributed by atoms with Crippen molar-refractivity contribution in [1.82, 2.24) is 0 Å². The summed E-state index contributed by atoms with van der Waals surface area (Å²) in [7, 11) is 1.59. The molecule has 3 rings (SSSR count). The average molecular weight is 395 g/mol. The lowest BCUT2D eigenvalue weighted by atomic mass is 10.1. The zero-order valence-corrected chi connectivity index (χ0v) is 16.6. The third-order valence-corrected chi connectivity index (χ3v) is 5.01. The van der Waals surface area contributed by atoms with Gasteiger partial charge in [-0.25, -0.2) is 9.79 Å². The van der Waals surface area contributed by atoms with Gasteiger partial charge in [0.05, 0.1) is 13.7 Å². The largest absolute Gasteiger partial charge is 0.493 e. The fourth-order valence-corrected chi connectivity index (χ4v) is 3.73. The van der Waals surface area contributed by atoms with E-state index in [-0.39, 0.29) is 5.97 Å². The molecule has 0 bridgehead atoms. The molecule has 0 amide bonds. The van der Waals surface area contributed by atoms with Gasteiger partial charge in [-0.15, -0.1) is 11.3 Å². The van der Waals surface area contributed by atoms with Crippen LogP contribution >= 0.6 is 11.3 Å². The van der Waals surface area contributed by atoms with E-state index in [9.17, 15) is 4.79 Å². The van der Waals surface area contributed by atoms with Crippen LogP contribution in [0, 0.1) is 0 Å². The van der Waals surface area contributed by atoms with Gasteiger partial charge in [0.25, 0.3) is 0 Å². The van der Waals surface area contributed by atoms with E-state index >= 15 is 0 Å². The fourth-order valence-electron chi connectivity index (χ4n) is 2.69. The maximum atomic E-state index is 12.5. The highest BCUT2D eigenvalue weighted by Crippen LogP contribution is 2.38. The van der Waals surface area contributed by atoms with Gasteiger partial charge in [0.15, 0.2) is 11.5 Å². The molecular formula is C22H21NO4S. The Labute approximate surface area is 167 Å². The second kappa shape index (κ2) is 9.19. The predicted molar refractivity (Wildman–Crippen MR) is 114 cm³/mol. The highest BCUT2D eigenvalue weighted by Gasteiger charge is 2.19. The molecule has 1 heterocycles. The Hall–Kier alpha value is -3.12. The van der Waals surface area contributed by atoms with Crippen LogP contribution in [0.4, 0.5) is 5.00 Å². The van der Waals surface area contributed by atoms with E-state index in [1.165, 1.54) is 11.3 Å². The van der Waals surface area contributed by atoms with Gasteiger partial charge in [-0.3, -0.25) is 0 Å². The molecule has 0 unspecified atom stereocenters. The van der Waals surface area contributed by atoms with Crippen LogP contribution < -0.4 is 9.47 Å². The smallest absolute Gasteiger partial charge is 0.341 e. The third-order valence-electron chi connectivity index (χ3n) is 3.93. The molecule has 144 valence electrons. The van der Waals surface area contributed by atoms with E-state index < -0.39 is 0 Å². The van der Waals surface area contributed by atoms with Crippen molar-refractivity contribution in [1.29, 1.82) is 0 Å². The van der Waals surface area contributed by atoms with Crippen LogP contribution in [0.5, 0.6) is 11.5 Å². The van der Waals surface area contributed by atoms with Crippen LogP contribution in [0.1, 0.15) is 22.8 Å². The first-order valence-electron chi connectivity index (χ1n) is 8.82. The van der Waals surface area contributed by atoms with Gasteiger partial charge in [-0.1, -0.05) is 30.9 Å². The summed E-state index contributed by atoms with van der Waals surface area (Å²) in [6.07, 6.45) is 3.38. The van der Waals surface area contributed by atoms with E-state index in [2.05, 4.69) is 11.6 Å². The van der Waals surface area contributed by atoms with Crippen molar-refractivity contribution in [3.8, 4) is 11.5 Å². The van der Waals surface area contributed by atoms with Gasteiger partial charge < -0.3 is 14.2 Å². The number of benzene rings is 2. The molecule has 0 radical (unpaired) electrons. The quantitative estimate of drug-likeness (QED) is 0.291. The Balaban J connectivity index is 1.96. The van der Waals surface area contributed by atoms with E-state index in [0.29, 0.717) is 35.3 Å². The summed E-state index contributed by atoms with van der Waals surface area (Å²) < 4.78 is 17.2. The molecule has 0 spiro atoms. The van der Waals surface area contributed by atoms with Gasteiger partial charge in [0.2, 0.25) is 0 Å². The molecule has 0 fully saturated rings. The summed E-state index contributed by atoms with van der Waals surface area (Å²) >= 11 is 1.46. The van der Waals surface area contributed by atoms with Crippen LogP contribution in [-0.2, 0) is 4.74 Å². The molecule has 0 N–H and O–H groups in total. The topological polar surface area (TPSA) is 57.1 Å². The summed E-state index contributed by atoms with van der Waals surface area (Å²) in [4.78, 5) is 17.0. The van der Waals surface area contributed by atoms with E-state index in [1.54, 1.807) is 26.3 Å². The summed E-state index contributed by atoms with van der Waals surface area (Å²) in [5.74, 6) is 0.874. The Morgan fingerprint density at radius 3 is 2.79 bits per heavy atom. The molecule has 2 aromatic carbocycles. The monoisotopic (exact) mass is 395 g/mol. The van der Waals surface area contributed by atoms with Crippen molar-refractivity contribution in [2.45, 2.75) is 6.92 Å². The fraction of sp³-hybridized carbons (Fsp3) is 0.182. The Morgan fingerprint density at radius 2 is 2.04 bits per heavy atom. The summed E-state index contributed by atoms with van der Waals surface area (Å²) in [6.45, 7) is 6.14. The number of hydrogen-bond donors (Lipinski definition) is 0. The van der Waals surface area contributed by atoms with Crippen molar-refractivity contribution in [2.24, 2.45) is 4.99 Å². The average Bonchev–Trinajstić information content (AvgIpc) is 3.09. The standard InChI is InChI=1S/C22H21NO4S/c1-4-12-27-17-11-10-15(13-18(17)25-3)14-23-21-20(22(24)26-5-2)16-8-6-7-9-19(16)28-21/h4,6-11,13-14H,1,5,12H2,2-3H3. The molecule has 0 aliphatic heterocycles. The number of carbonyl (C=O) groups excluding carboxylic acids is 1. The molecule has 0 aliphatic carbocycles. The number of thiophene rings is 1. The molecule has 0 aliphatic rings. The number of methoxy groups -OCH3 is 1. The van der Waals surface area contributed by atoms with E-state index in [1.807, 2.05) is 42.5 Å². The van der Waals surface area contributed by atoms with Crippen molar-refractivity contribution < 1.29 is 19.0 Å². The molecule has 5 nitrogen and oxygen atoms in total. The van der Waals surface area contributed by atoms with Crippen LogP contribution in [0.2, 0.25) is 0 Å². The van der Waals surface area contributed by atoms with Gasteiger partial charge in [0.1, 0.15) is 17.2 Å². The molecule has 0 saturated carbocycles. The lowest BCUT2D eigenvalue weighted by molar-refractivity contribution is 0.0530. The maximum absolute atomic E-state index is 12.5. The van der Waals surface area contributed by atoms with E-state index in [0.717, 1.165) is 15.6 Å².